The molecule has 0 amide bonds. The fraction of sp³-hybridized carbons (Fsp3) is 0.286. The molecule has 84 valence electrons. The Balaban J connectivity index is 2.92. The highest BCUT2D eigenvalue weighted by atomic mass is 32.2. The molecule has 0 radical (unpaired) electrons. The summed E-state index contributed by atoms with van der Waals surface area (Å²) in [6, 6.07) is 2.55. The summed E-state index contributed by atoms with van der Waals surface area (Å²) in [5.74, 6) is -0.223. The predicted molar refractivity (Wildman–Crippen MR) is 49.8 cm³/mol. The van der Waals surface area contributed by atoms with Crippen LogP contribution in [0.15, 0.2) is 23.2 Å². The lowest BCUT2D eigenvalue weighted by atomic mass is 10.5. The van der Waals surface area contributed by atoms with Crippen molar-refractivity contribution in [2.75, 3.05) is 12.3 Å². The fourth-order valence-electron chi connectivity index (χ4n) is 0.880. The summed E-state index contributed by atoms with van der Waals surface area (Å²) >= 11 is 0. The first kappa shape index (κ1) is 11.8. The molecule has 0 unspecified atom stereocenters. The Morgan fingerprint density at radius 2 is 2.20 bits per heavy atom. The molecule has 15 heavy (non-hydrogen) atoms. The molecular weight excluding hydrogens is 228 g/mol. The summed E-state index contributed by atoms with van der Waals surface area (Å²) in [6.45, 7) is -0.948. The van der Waals surface area contributed by atoms with Gasteiger partial charge in [-0.25, -0.2) is 26.9 Å². The Morgan fingerprint density at radius 1 is 1.53 bits per heavy atom. The van der Waals surface area contributed by atoms with Crippen LogP contribution in [0.3, 0.4) is 0 Å². The molecule has 1 aromatic heterocycles. The van der Waals surface area contributed by atoms with E-state index in [9.17, 15) is 17.2 Å². The maximum absolute atomic E-state index is 11.8. The summed E-state index contributed by atoms with van der Waals surface area (Å²) in [4.78, 5) is 3.24. The summed E-state index contributed by atoms with van der Waals surface area (Å²) in [6.07, 6.45) is -1.45. The zero-order chi connectivity index (χ0) is 11.5. The zero-order valence-electron chi connectivity index (χ0n) is 7.52. The molecule has 0 aliphatic heterocycles. The summed E-state index contributed by atoms with van der Waals surface area (Å²) in [5, 5.41) is 0. The highest BCUT2D eigenvalue weighted by molar-refractivity contribution is 7.89. The Kier molecular flexibility index (Phi) is 3.53. The topological polar surface area (TPSA) is 85.1 Å². The normalized spacial score (nSPS) is 11.9. The van der Waals surface area contributed by atoms with Gasteiger partial charge in [0.1, 0.15) is 10.7 Å². The van der Waals surface area contributed by atoms with Gasteiger partial charge >= 0.3 is 0 Å². The van der Waals surface area contributed by atoms with Crippen molar-refractivity contribution < 1.29 is 17.2 Å². The number of halogens is 2. The van der Waals surface area contributed by atoms with E-state index in [1.807, 2.05) is 0 Å². The minimum absolute atomic E-state index is 0.223. The van der Waals surface area contributed by atoms with Gasteiger partial charge in [0.15, 0.2) is 0 Å². The molecule has 0 aliphatic rings. The van der Waals surface area contributed by atoms with Crippen molar-refractivity contribution in [2.45, 2.75) is 11.3 Å². The van der Waals surface area contributed by atoms with E-state index in [4.69, 9.17) is 5.73 Å². The number of rotatable bonds is 4. The largest absolute Gasteiger partial charge is 0.383 e. The first-order chi connectivity index (χ1) is 6.93. The lowest BCUT2D eigenvalue weighted by molar-refractivity contribution is 0.153. The Hall–Kier alpha value is -1.28. The van der Waals surface area contributed by atoms with Gasteiger partial charge in [-0.2, -0.15) is 0 Å². The first-order valence-electron chi connectivity index (χ1n) is 3.92. The molecule has 0 aliphatic carbocycles. The molecular formula is C7H9F2N3O2S. The Morgan fingerprint density at radius 3 is 2.73 bits per heavy atom. The van der Waals surface area contributed by atoms with Crippen LogP contribution in [-0.4, -0.2) is 26.4 Å². The van der Waals surface area contributed by atoms with E-state index in [1.54, 1.807) is 4.72 Å². The second-order valence-electron chi connectivity index (χ2n) is 2.63. The molecule has 1 rings (SSSR count). The predicted octanol–water partition coefficient (Wildman–Crippen LogP) is 0.207. The van der Waals surface area contributed by atoms with Crippen LogP contribution in [0.1, 0.15) is 0 Å². The van der Waals surface area contributed by atoms with Gasteiger partial charge in [-0.1, -0.05) is 0 Å². The maximum atomic E-state index is 11.8. The average molecular weight is 237 g/mol. The fourth-order valence-corrected chi connectivity index (χ4v) is 1.97. The van der Waals surface area contributed by atoms with E-state index in [-0.39, 0.29) is 10.7 Å². The van der Waals surface area contributed by atoms with Crippen molar-refractivity contribution >= 4 is 15.8 Å². The van der Waals surface area contributed by atoms with Crippen molar-refractivity contribution in [3.05, 3.63) is 18.3 Å². The van der Waals surface area contributed by atoms with Crippen LogP contribution in [-0.2, 0) is 10.0 Å². The SMILES string of the molecule is Nc1ncccc1S(=O)(=O)NCC(F)F. The van der Waals surface area contributed by atoms with Gasteiger partial charge in [-0.3, -0.25) is 0 Å². The number of alkyl halides is 2. The Labute approximate surface area is 85.4 Å². The molecule has 0 fully saturated rings. The molecule has 0 atom stereocenters. The lowest BCUT2D eigenvalue weighted by Gasteiger charge is -2.07. The third-order valence-corrected chi connectivity index (χ3v) is 2.99. The van der Waals surface area contributed by atoms with Crippen LogP contribution in [0.4, 0.5) is 14.6 Å². The van der Waals surface area contributed by atoms with E-state index < -0.39 is 23.0 Å². The van der Waals surface area contributed by atoms with E-state index in [1.165, 1.54) is 18.3 Å². The number of hydrogen-bond donors (Lipinski definition) is 2. The summed E-state index contributed by atoms with van der Waals surface area (Å²) < 4.78 is 48.1. The number of nitrogens with zero attached hydrogens (tertiary/aromatic N) is 1. The standard InChI is InChI=1S/C7H9F2N3O2S/c8-6(9)4-12-15(13,14)5-2-1-3-11-7(5)10/h1-3,6,12H,4H2,(H2,10,11). The van der Waals surface area contributed by atoms with Crippen LogP contribution in [0.5, 0.6) is 0 Å². The quantitative estimate of drug-likeness (QED) is 0.783. The third-order valence-electron chi connectivity index (χ3n) is 1.52. The highest BCUT2D eigenvalue weighted by Crippen LogP contribution is 2.13. The van der Waals surface area contributed by atoms with Gasteiger partial charge in [0.25, 0.3) is 6.43 Å². The molecule has 8 heteroatoms. The van der Waals surface area contributed by atoms with Crippen molar-refractivity contribution in [3.8, 4) is 0 Å². The molecule has 0 aromatic carbocycles. The van der Waals surface area contributed by atoms with E-state index in [0.717, 1.165) is 0 Å². The van der Waals surface area contributed by atoms with Gasteiger partial charge in [0, 0.05) is 6.20 Å². The molecule has 0 saturated heterocycles. The number of nitrogens with two attached hydrogens (primary N) is 1. The molecule has 1 aromatic rings. The minimum atomic E-state index is -4.00. The number of hydrogen-bond acceptors (Lipinski definition) is 4. The third kappa shape index (κ3) is 3.10. The number of sulfonamides is 1. The van der Waals surface area contributed by atoms with Crippen molar-refractivity contribution in [1.82, 2.24) is 9.71 Å². The lowest BCUT2D eigenvalue weighted by Crippen LogP contribution is -2.29. The van der Waals surface area contributed by atoms with Crippen LogP contribution in [0, 0.1) is 0 Å². The number of anilines is 1. The molecule has 3 N–H and O–H groups in total. The first-order valence-corrected chi connectivity index (χ1v) is 5.40. The number of nitrogens with one attached hydrogen (secondary N) is 1. The molecule has 0 bridgehead atoms. The minimum Gasteiger partial charge on any atom is -0.383 e. The van der Waals surface area contributed by atoms with Crippen LogP contribution < -0.4 is 10.5 Å². The van der Waals surface area contributed by atoms with E-state index in [0.29, 0.717) is 0 Å². The van der Waals surface area contributed by atoms with Gasteiger partial charge in [-0.05, 0) is 12.1 Å². The zero-order valence-corrected chi connectivity index (χ0v) is 8.34. The average Bonchev–Trinajstić information content (AvgIpc) is 2.15. The molecule has 0 saturated carbocycles. The van der Waals surface area contributed by atoms with Crippen molar-refractivity contribution in [2.24, 2.45) is 0 Å². The van der Waals surface area contributed by atoms with Crippen LogP contribution in [0.25, 0.3) is 0 Å². The number of pyridine rings is 1. The van der Waals surface area contributed by atoms with Gasteiger partial charge in [0.05, 0.1) is 6.54 Å². The van der Waals surface area contributed by atoms with E-state index >= 15 is 0 Å². The maximum Gasteiger partial charge on any atom is 0.251 e. The smallest absolute Gasteiger partial charge is 0.251 e. The monoisotopic (exact) mass is 237 g/mol. The molecule has 5 nitrogen and oxygen atoms in total. The summed E-state index contributed by atoms with van der Waals surface area (Å²) in [7, 11) is -4.00. The van der Waals surface area contributed by atoms with Gasteiger partial charge in [0.2, 0.25) is 10.0 Å². The number of aromatic nitrogens is 1. The highest BCUT2D eigenvalue weighted by Gasteiger charge is 2.18. The van der Waals surface area contributed by atoms with Crippen LogP contribution in [0.2, 0.25) is 0 Å². The van der Waals surface area contributed by atoms with Gasteiger partial charge in [-0.15, -0.1) is 0 Å². The number of nitrogen functional groups attached to an aromatic ring is 1. The second kappa shape index (κ2) is 4.49. The molecule has 1 heterocycles. The second-order valence-corrected chi connectivity index (χ2v) is 4.37. The van der Waals surface area contributed by atoms with Crippen molar-refractivity contribution in [3.63, 3.8) is 0 Å². The van der Waals surface area contributed by atoms with E-state index in [2.05, 4.69) is 4.98 Å². The Bertz CT molecular complexity index is 436. The van der Waals surface area contributed by atoms with Crippen LogP contribution >= 0.6 is 0 Å². The summed E-state index contributed by atoms with van der Waals surface area (Å²) in [5.41, 5.74) is 5.30. The van der Waals surface area contributed by atoms with Crippen molar-refractivity contribution in [1.29, 1.82) is 0 Å². The molecule has 0 spiro atoms. The van der Waals surface area contributed by atoms with Gasteiger partial charge < -0.3 is 5.73 Å².